The van der Waals surface area contributed by atoms with E-state index in [-0.39, 0.29) is 0 Å². The van der Waals surface area contributed by atoms with E-state index in [1.165, 1.54) is 0 Å². The molecule has 2 rings (SSSR count). The van der Waals surface area contributed by atoms with Crippen LogP contribution in [-0.4, -0.2) is 17.1 Å². The molecule has 3 N–H and O–H groups in total. The van der Waals surface area contributed by atoms with Crippen molar-refractivity contribution in [3.05, 3.63) is 35.0 Å². The van der Waals surface area contributed by atoms with Crippen molar-refractivity contribution in [1.29, 1.82) is 0 Å². The Morgan fingerprint density at radius 1 is 1.05 bits per heavy atom. The van der Waals surface area contributed by atoms with Crippen LogP contribution in [-0.2, 0) is 0 Å². The van der Waals surface area contributed by atoms with E-state index < -0.39 is 0 Å². The molecule has 0 unspecified atom stereocenters. The van der Waals surface area contributed by atoms with Crippen molar-refractivity contribution in [2.75, 3.05) is 12.5 Å². The lowest BCUT2D eigenvalue weighted by atomic mass is 10.0. The lowest BCUT2D eigenvalue weighted by molar-refractivity contribution is 0.408. The van der Waals surface area contributed by atoms with Crippen LogP contribution in [0.1, 0.15) is 16.8 Å². The predicted molar refractivity (Wildman–Crippen MR) is 76.0 cm³/mol. The number of nitrogens with two attached hydrogens (primary N) is 1. The second-order valence-electron chi connectivity index (χ2n) is 4.51. The number of nitrogens with zero attached hydrogens (tertiary/aromatic N) is 2. The van der Waals surface area contributed by atoms with Crippen molar-refractivity contribution in [2.45, 2.75) is 20.8 Å². The second kappa shape index (κ2) is 5.24. The van der Waals surface area contributed by atoms with Crippen LogP contribution in [0.4, 0.5) is 5.95 Å². The number of methoxy groups -OCH3 is 1. The summed E-state index contributed by atoms with van der Waals surface area (Å²) >= 11 is 0. The quantitative estimate of drug-likeness (QED) is 0.653. The van der Waals surface area contributed by atoms with E-state index in [0.29, 0.717) is 5.95 Å². The Hall–Kier alpha value is -2.14. The highest BCUT2D eigenvalue weighted by molar-refractivity contribution is 5.65. The molecule has 0 radical (unpaired) electrons. The number of nitrogen functional groups attached to an aromatic ring is 1. The lowest BCUT2D eigenvalue weighted by Crippen LogP contribution is -2.11. The van der Waals surface area contributed by atoms with E-state index in [2.05, 4.69) is 15.4 Å². The molecule has 0 aliphatic heterocycles. The molecule has 0 aliphatic rings. The Kier molecular flexibility index (Phi) is 3.66. The van der Waals surface area contributed by atoms with Gasteiger partial charge in [-0.1, -0.05) is 0 Å². The molecule has 1 aromatic heterocycles. The van der Waals surface area contributed by atoms with E-state index in [0.717, 1.165) is 33.8 Å². The van der Waals surface area contributed by atoms with Crippen molar-refractivity contribution < 1.29 is 4.74 Å². The van der Waals surface area contributed by atoms with Crippen molar-refractivity contribution >= 4 is 5.95 Å². The summed E-state index contributed by atoms with van der Waals surface area (Å²) in [5, 5.41) is 0. The number of anilines is 1. The molecule has 0 atom stereocenters. The molecule has 0 bridgehead atoms. The Morgan fingerprint density at radius 2 is 1.68 bits per heavy atom. The van der Waals surface area contributed by atoms with Gasteiger partial charge < -0.3 is 4.74 Å². The van der Waals surface area contributed by atoms with Crippen LogP contribution in [0.15, 0.2) is 18.2 Å². The maximum atomic E-state index is 5.38. The third-order valence-electron chi connectivity index (χ3n) is 2.94. The molecule has 2 aromatic rings. The fraction of sp³-hybridized carbons (Fsp3) is 0.286. The van der Waals surface area contributed by atoms with E-state index in [1.807, 2.05) is 39.0 Å². The third-order valence-corrected chi connectivity index (χ3v) is 2.94. The summed E-state index contributed by atoms with van der Waals surface area (Å²) in [6, 6.07) is 6.03. The second-order valence-corrected chi connectivity index (χ2v) is 4.51. The monoisotopic (exact) mass is 258 g/mol. The molecule has 0 fully saturated rings. The summed E-state index contributed by atoms with van der Waals surface area (Å²) in [6.07, 6.45) is 0. The molecular weight excluding hydrogens is 240 g/mol. The van der Waals surface area contributed by atoms with Gasteiger partial charge in [0.25, 0.3) is 0 Å². The van der Waals surface area contributed by atoms with E-state index in [1.54, 1.807) is 7.11 Å². The number of aromatic nitrogens is 2. The Morgan fingerprint density at radius 3 is 2.21 bits per heavy atom. The highest BCUT2D eigenvalue weighted by atomic mass is 16.5. The van der Waals surface area contributed by atoms with E-state index in [4.69, 9.17) is 10.6 Å². The van der Waals surface area contributed by atoms with E-state index >= 15 is 0 Å². The predicted octanol–water partition coefficient (Wildman–Crippen LogP) is 2.36. The van der Waals surface area contributed by atoms with E-state index in [9.17, 15) is 0 Å². The summed E-state index contributed by atoms with van der Waals surface area (Å²) in [5.74, 6) is 6.70. The number of hydrogen-bond donors (Lipinski definition) is 2. The van der Waals surface area contributed by atoms with Crippen LogP contribution >= 0.6 is 0 Å². The first kappa shape index (κ1) is 13.3. The normalized spacial score (nSPS) is 10.4. The van der Waals surface area contributed by atoms with Gasteiger partial charge in [0, 0.05) is 11.3 Å². The van der Waals surface area contributed by atoms with Gasteiger partial charge in [0.05, 0.1) is 12.8 Å². The molecule has 100 valence electrons. The summed E-state index contributed by atoms with van der Waals surface area (Å²) in [5.41, 5.74) is 7.37. The van der Waals surface area contributed by atoms with Gasteiger partial charge in [0.15, 0.2) is 0 Å². The van der Waals surface area contributed by atoms with Gasteiger partial charge in [-0.2, -0.15) is 0 Å². The Balaban J connectivity index is 2.56. The first-order chi connectivity index (χ1) is 9.05. The molecule has 0 aliphatic carbocycles. The summed E-state index contributed by atoms with van der Waals surface area (Å²) in [7, 11) is 1.68. The highest BCUT2D eigenvalue weighted by Crippen LogP contribution is 2.29. The number of rotatable bonds is 3. The zero-order valence-corrected chi connectivity index (χ0v) is 11.6. The van der Waals surface area contributed by atoms with Gasteiger partial charge in [0.2, 0.25) is 5.95 Å². The topological polar surface area (TPSA) is 73.1 Å². The van der Waals surface area contributed by atoms with Gasteiger partial charge in [-0.05, 0) is 50.1 Å². The fourth-order valence-corrected chi connectivity index (χ4v) is 2.20. The largest absolute Gasteiger partial charge is 0.496 e. The standard InChI is InChI=1S/C14H18N4O/c1-8-5-11(6-9(2)13(8)19-4)12-7-10(3)16-14(17-12)18-15/h5-7H,15H2,1-4H3,(H,16,17,18). The molecule has 5 heteroatoms. The smallest absolute Gasteiger partial charge is 0.237 e. The zero-order valence-electron chi connectivity index (χ0n) is 11.6. The Bertz CT molecular complexity index is 587. The van der Waals surface area contributed by atoms with Gasteiger partial charge in [0.1, 0.15) is 5.75 Å². The summed E-state index contributed by atoms with van der Waals surface area (Å²) in [4.78, 5) is 8.56. The molecule has 5 nitrogen and oxygen atoms in total. The lowest BCUT2D eigenvalue weighted by Gasteiger charge is -2.12. The maximum Gasteiger partial charge on any atom is 0.237 e. The van der Waals surface area contributed by atoms with Crippen LogP contribution in [0.2, 0.25) is 0 Å². The van der Waals surface area contributed by atoms with Gasteiger partial charge >= 0.3 is 0 Å². The number of nitrogens with one attached hydrogen (secondary N) is 1. The minimum Gasteiger partial charge on any atom is -0.496 e. The zero-order chi connectivity index (χ0) is 14.0. The summed E-state index contributed by atoms with van der Waals surface area (Å²) < 4.78 is 5.37. The maximum absolute atomic E-state index is 5.38. The SMILES string of the molecule is COc1c(C)cc(-c2cc(C)nc(NN)n2)cc1C. The van der Waals surface area contributed by atoms with Crippen molar-refractivity contribution in [2.24, 2.45) is 5.84 Å². The first-order valence-electron chi connectivity index (χ1n) is 6.03. The number of aryl methyl sites for hydroxylation is 3. The first-order valence-corrected chi connectivity index (χ1v) is 6.03. The number of ether oxygens (including phenoxy) is 1. The fourth-order valence-electron chi connectivity index (χ4n) is 2.20. The van der Waals surface area contributed by atoms with Crippen molar-refractivity contribution in [3.63, 3.8) is 0 Å². The minimum absolute atomic E-state index is 0.418. The molecular formula is C14H18N4O. The third kappa shape index (κ3) is 2.66. The molecule has 0 saturated carbocycles. The molecule has 0 saturated heterocycles. The van der Waals surface area contributed by atoms with Crippen LogP contribution in [0, 0.1) is 20.8 Å². The number of hydrogen-bond acceptors (Lipinski definition) is 5. The van der Waals surface area contributed by atoms with Crippen LogP contribution < -0.4 is 16.0 Å². The molecule has 0 spiro atoms. The summed E-state index contributed by atoms with van der Waals surface area (Å²) in [6.45, 7) is 5.95. The van der Waals surface area contributed by atoms with Gasteiger partial charge in [-0.3, -0.25) is 5.43 Å². The molecule has 19 heavy (non-hydrogen) atoms. The number of hydrazine groups is 1. The molecule has 0 amide bonds. The molecule has 1 aromatic carbocycles. The van der Waals surface area contributed by atoms with Crippen LogP contribution in [0.25, 0.3) is 11.3 Å². The van der Waals surface area contributed by atoms with Crippen LogP contribution in [0.5, 0.6) is 5.75 Å². The molecule has 1 heterocycles. The average molecular weight is 258 g/mol. The van der Waals surface area contributed by atoms with Crippen molar-refractivity contribution in [1.82, 2.24) is 9.97 Å². The van der Waals surface area contributed by atoms with Gasteiger partial charge in [-0.15, -0.1) is 0 Å². The van der Waals surface area contributed by atoms with Crippen LogP contribution in [0.3, 0.4) is 0 Å². The number of benzene rings is 1. The minimum atomic E-state index is 0.418. The average Bonchev–Trinajstić information content (AvgIpc) is 2.37. The van der Waals surface area contributed by atoms with Crippen molar-refractivity contribution in [3.8, 4) is 17.0 Å². The Labute approximate surface area is 112 Å². The van der Waals surface area contributed by atoms with Gasteiger partial charge in [-0.25, -0.2) is 15.8 Å². The highest BCUT2D eigenvalue weighted by Gasteiger charge is 2.09.